The minimum atomic E-state index is -0.350. The number of methoxy groups -OCH3 is 1. The molecule has 3 heteroatoms. The molecule has 2 aliphatic rings. The average Bonchev–Trinajstić information content (AvgIpc) is 2.82. The Morgan fingerprint density at radius 2 is 2.06 bits per heavy atom. The van der Waals surface area contributed by atoms with E-state index in [0.29, 0.717) is 16.7 Å². The van der Waals surface area contributed by atoms with Crippen LogP contribution in [0.4, 0.5) is 0 Å². The lowest BCUT2D eigenvalue weighted by atomic mass is 9.99. The molecule has 0 bridgehead atoms. The predicted molar refractivity (Wildman–Crippen MR) is 67.3 cm³/mol. The lowest BCUT2D eigenvalue weighted by Crippen LogP contribution is -2.04. The van der Waals surface area contributed by atoms with Gasteiger partial charge < -0.3 is 9.84 Å². The number of hydrogen-bond donors (Lipinski definition) is 1. The molecular formula is C14H17ClO2. The first-order chi connectivity index (χ1) is 8.22. The van der Waals surface area contributed by atoms with E-state index in [1.54, 1.807) is 13.2 Å². The maximum Gasteiger partial charge on any atom is 0.137 e. The van der Waals surface area contributed by atoms with Crippen LogP contribution in [0.5, 0.6) is 5.75 Å². The van der Waals surface area contributed by atoms with Crippen molar-refractivity contribution in [2.45, 2.75) is 25.4 Å². The molecule has 92 valence electrons. The summed E-state index contributed by atoms with van der Waals surface area (Å²) in [6.45, 7) is 0. The molecule has 3 unspecified atom stereocenters. The fraction of sp³-hybridized carbons (Fsp3) is 0.571. The summed E-state index contributed by atoms with van der Waals surface area (Å²) in [6.07, 6.45) is 3.56. The number of benzene rings is 1. The van der Waals surface area contributed by atoms with Gasteiger partial charge >= 0.3 is 0 Å². The van der Waals surface area contributed by atoms with Crippen LogP contribution < -0.4 is 4.74 Å². The summed E-state index contributed by atoms with van der Waals surface area (Å²) in [5.74, 6) is 2.63. The van der Waals surface area contributed by atoms with Crippen molar-refractivity contribution in [3.63, 3.8) is 0 Å². The quantitative estimate of drug-likeness (QED) is 0.893. The van der Waals surface area contributed by atoms with Gasteiger partial charge in [-0.15, -0.1) is 0 Å². The van der Waals surface area contributed by atoms with Crippen molar-refractivity contribution in [3.05, 3.63) is 28.8 Å². The average molecular weight is 253 g/mol. The van der Waals surface area contributed by atoms with Gasteiger partial charge in [0.1, 0.15) is 5.75 Å². The van der Waals surface area contributed by atoms with Gasteiger partial charge in [-0.3, -0.25) is 0 Å². The highest BCUT2D eigenvalue weighted by molar-refractivity contribution is 6.32. The maximum atomic E-state index is 10.4. The predicted octanol–water partition coefficient (Wildman–Crippen LogP) is 3.43. The smallest absolute Gasteiger partial charge is 0.137 e. The molecule has 0 spiro atoms. The van der Waals surface area contributed by atoms with Gasteiger partial charge in [0, 0.05) is 0 Å². The molecule has 2 saturated carbocycles. The molecule has 0 radical (unpaired) electrons. The highest BCUT2D eigenvalue weighted by atomic mass is 35.5. The summed E-state index contributed by atoms with van der Waals surface area (Å²) >= 11 is 5.99. The standard InChI is InChI=1S/C14H17ClO2/c1-17-12-7-8(5-6-11(12)15)14(16)13-9-3-2-4-10(9)13/h5-7,9-10,13-14,16H,2-4H2,1H3. The van der Waals surface area contributed by atoms with Crippen molar-refractivity contribution in [1.29, 1.82) is 0 Å². The fourth-order valence-electron chi connectivity index (χ4n) is 3.43. The number of halogens is 1. The first-order valence-corrected chi connectivity index (χ1v) is 6.61. The third-order valence-corrected chi connectivity index (χ3v) is 4.67. The molecule has 1 aromatic rings. The molecule has 0 amide bonds. The van der Waals surface area contributed by atoms with E-state index in [9.17, 15) is 5.11 Å². The van der Waals surface area contributed by atoms with Gasteiger partial charge in [-0.1, -0.05) is 24.1 Å². The number of aliphatic hydroxyl groups excluding tert-OH is 1. The van der Waals surface area contributed by atoms with E-state index in [0.717, 1.165) is 17.4 Å². The van der Waals surface area contributed by atoms with E-state index < -0.39 is 0 Å². The molecule has 3 atom stereocenters. The van der Waals surface area contributed by atoms with Crippen molar-refractivity contribution >= 4 is 11.6 Å². The van der Waals surface area contributed by atoms with Gasteiger partial charge in [0.05, 0.1) is 18.2 Å². The van der Waals surface area contributed by atoms with Crippen LogP contribution >= 0.6 is 11.6 Å². The van der Waals surface area contributed by atoms with Crippen LogP contribution in [0.2, 0.25) is 5.02 Å². The monoisotopic (exact) mass is 252 g/mol. The van der Waals surface area contributed by atoms with Crippen molar-refractivity contribution < 1.29 is 9.84 Å². The molecule has 3 rings (SSSR count). The first-order valence-electron chi connectivity index (χ1n) is 6.24. The normalized spacial score (nSPS) is 32.1. The Balaban J connectivity index is 1.80. The molecule has 1 aromatic carbocycles. The number of rotatable bonds is 3. The van der Waals surface area contributed by atoms with Crippen LogP contribution in [-0.4, -0.2) is 12.2 Å². The van der Waals surface area contributed by atoms with Crippen molar-refractivity contribution in [2.75, 3.05) is 7.11 Å². The number of hydrogen-bond acceptors (Lipinski definition) is 2. The van der Waals surface area contributed by atoms with E-state index in [1.165, 1.54) is 19.3 Å². The van der Waals surface area contributed by atoms with Crippen LogP contribution in [0, 0.1) is 17.8 Å². The SMILES string of the molecule is COc1cc(C(O)C2C3CCCC32)ccc1Cl. The summed E-state index contributed by atoms with van der Waals surface area (Å²) in [5.41, 5.74) is 0.936. The third kappa shape index (κ3) is 1.84. The van der Waals surface area contributed by atoms with Crippen molar-refractivity contribution in [1.82, 2.24) is 0 Å². The Morgan fingerprint density at radius 3 is 2.71 bits per heavy atom. The zero-order valence-corrected chi connectivity index (χ0v) is 10.7. The number of ether oxygens (including phenoxy) is 1. The fourth-order valence-corrected chi connectivity index (χ4v) is 3.62. The number of fused-ring (bicyclic) bond motifs is 1. The summed E-state index contributed by atoms with van der Waals surface area (Å²) in [7, 11) is 1.60. The Hall–Kier alpha value is -0.730. The zero-order chi connectivity index (χ0) is 12.0. The second-order valence-corrected chi connectivity index (χ2v) is 5.58. The van der Waals surface area contributed by atoms with Crippen LogP contribution in [0.15, 0.2) is 18.2 Å². The first kappa shape index (κ1) is 11.4. The minimum Gasteiger partial charge on any atom is -0.495 e. The molecule has 1 N–H and O–H groups in total. The van der Waals surface area contributed by atoms with E-state index in [2.05, 4.69) is 0 Å². The lowest BCUT2D eigenvalue weighted by molar-refractivity contribution is 0.137. The second-order valence-electron chi connectivity index (χ2n) is 5.17. The molecule has 0 aromatic heterocycles. The highest BCUT2D eigenvalue weighted by Crippen LogP contribution is 2.62. The Morgan fingerprint density at radius 1 is 1.35 bits per heavy atom. The summed E-state index contributed by atoms with van der Waals surface area (Å²) in [6, 6.07) is 5.57. The topological polar surface area (TPSA) is 29.5 Å². The number of aliphatic hydroxyl groups is 1. The van der Waals surface area contributed by atoms with Gasteiger partial charge in [0.15, 0.2) is 0 Å². The zero-order valence-electron chi connectivity index (χ0n) is 9.90. The van der Waals surface area contributed by atoms with E-state index in [1.807, 2.05) is 12.1 Å². The Bertz CT molecular complexity index is 422. The Kier molecular flexibility index (Phi) is 2.80. The van der Waals surface area contributed by atoms with Gasteiger partial charge in [-0.05, 0) is 48.3 Å². The van der Waals surface area contributed by atoms with E-state index in [4.69, 9.17) is 16.3 Å². The molecule has 17 heavy (non-hydrogen) atoms. The summed E-state index contributed by atoms with van der Waals surface area (Å²) in [4.78, 5) is 0. The van der Waals surface area contributed by atoms with Crippen LogP contribution in [0.1, 0.15) is 30.9 Å². The highest BCUT2D eigenvalue weighted by Gasteiger charge is 2.55. The maximum absolute atomic E-state index is 10.4. The van der Waals surface area contributed by atoms with Crippen LogP contribution in [0.3, 0.4) is 0 Å². The van der Waals surface area contributed by atoms with Gasteiger partial charge in [0.25, 0.3) is 0 Å². The molecular weight excluding hydrogens is 236 g/mol. The largest absolute Gasteiger partial charge is 0.495 e. The van der Waals surface area contributed by atoms with E-state index >= 15 is 0 Å². The minimum absolute atomic E-state index is 0.350. The lowest BCUT2D eigenvalue weighted by Gasteiger charge is -2.14. The molecule has 0 aliphatic heterocycles. The summed E-state index contributed by atoms with van der Waals surface area (Å²) in [5, 5.41) is 11.0. The molecule has 0 heterocycles. The van der Waals surface area contributed by atoms with E-state index in [-0.39, 0.29) is 6.10 Å². The van der Waals surface area contributed by atoms with Crippen molar-refractivity contribution in [3.8, 4) is 5.75 Å². The molecule has 2 nitrogen and oxygen atoms in total. The summed E-state index contributed by atoms with van der Waals surface area (Å²) < 4.78 is 5.19. The molecule has 0 saturated heterocycles. The van der Waals surface area contributed by atoms with Crippen LogP contribution in [0.25, 0.3) is 0 Å². The Labute approximate surface area is 107 Å². The third-order valence-electron chi connectivity index (χ3n) is 4.35. The molecule has 2 aliphatic carbocycles. The van der Waals surface area contributed by atoms with Gasteiger partial charge in [-0.25, -0.2) is 0 Å². The second kappa shape index (κ2) is 4.18. The molecule has 2 fully saturated rings. The van der Waals surface area contributed by atoms with Gasteiger partial charge in [0.2, 0.25) is 0 Å². The van der Waals surface area contributed by atoms with Crippen LogP contribution in [-0.2, 0) is 0 Å². The van der Waals surface area contributed by atoms with Gasteiger partial charge in [-0.2, -0.15) is 0 Å². The van der Waals surface area contributed by atoms with Crippen molar-refractivity contribution in [2.24, 2.45) is 17.8 Å².